The van der Waals surface area contributed by atoms with Crippen LogP contribution in [0.2, 0.25) is 0 Å². The van der Waals surface area contributed by atoms with Crippen molar-refractivity contribution in [1.29, 1.82) is 0 Å². The van der Waals surface area contributed by atoms with Crippen molar-refractivity contribution in [2.75, 3.05) is 5.32 Å². The molecule has 2 rings (SSSR count). The smallest absolute Gasteiger partial charge is 0.323 e. The quantitative estimate of drug-likeness (QED) is 0.581. The Kier molecular flexibility index (Phi) is 6.01. The van der Waals surface area contributed by atoms with Gasteiger partial charge in [0.2, 0.25) is 0 Å². The van der Waals surface area contributed by atoms with Crippen molar-refractivity contribution in [3.8, 4) is 0 Å². The molecule has 4 N–H and O–H groups in total. The van der Waals surface area contributed by atoms with Gasteiger partial charge < -0.3 is 16.4 Å². The van der Waals surface area contributed by atoms with Crippen LogP contribution in [-0.4, -0.2) is 11.9 Å². The van der Waals surface area contributed by atoms with Crippen molar-refractivity contribution in [2.45, 2.75) is 6.54 Å². The average Bonchev–Trinajstić information content (AvgIpc) is 2.59. The molecule has 0 saturated carbocycles. The normalized spacial score (nSPS) is 11.9. The van der Waals surface area contributed by atoms with Crippen LogP contribution in [0.25, 0.3) is 0 Å². The minimum atomic E-state index is -0.922. The van der Waals surface area contributed by atoms with Crippen molar-refractivity contribution in [3.05, 3.63) is 78.0 Å². The number of carbonyl (C=O) groups excluding carboxylic acids is 1. The van der Waals surface area contributed by atoms with Crippen LogP contribution < -0.4 is 16.4 Å². The SMILES string of the molecule is NC(=NCc1ccccc1F)/C(F)=C\NC(=O)Nc1ccccc1. The molecule has 0 fully saturated rings. The van der Waals surface area contributed by atoms with E-state index in [9.17, 15) is 13.6 Å². The van der Waals surface area contributed by atoms with Gasteiger partial charge in [-0.05, 0) is 18.2 Å². The highest BCUT2D eigenvalue weighted by Gasteiger charge is 2.05. The third-order valence-corrected chi connectivity index (χ3v) is 2.98. The standard InChI is InChI=1S/C17H16F2N4O/c18-14-9-5-4-6-12(14)10-21-16(20)15(19)11-22-17(24)23-13-7-2-1-3-8-13/h1-9,11H,10H2,(H2,20,21)(H2,22,23,24)/b15-11+. The second kappa shape index (κ2) is 8.42. The highest BCUT2D eigenvalue weighted by atomic mass is 19.1. The summed E-state index contributed by atoms with van der Waals surface area (Å²) in [6, 6.07) is 14.0. The molecule has 0 heterocycles. The molecular weight excluding hydrogens is 314 g/mol. The first-order chi connectivity index (χ1) is 11.6. The number of anilines is 1. The summed E-state index contributed by atoms with van der Waals surface area (Å²) in [4.78, 5) is 15.4. The summed E-state index contributed by atoms with van der Waals surface area (Å²) in [5.41, 5.74) is 6.32. The Hall–Kier alpha value is -3.22. The Bertz CT molecular complexity index is 760. The largest absolute Gasteiger partial charge is 0.381 e. The second-order valence-corrected chi connectivity index (χ2v) is 4.75. The lowest BCUT2D eigenvalue weighted by molar-refractivity contribution is 0.255. The average molecular weight is 330 g/mol. The molecule has 7 heteroatoms. The second-order valence-electron chi connectivity index (χ2n) is 4.75. The van der Waals surface area contributed by atoms with E-state index in [1.165, 1.54) is 12.1 Å². The lowest BCUT2D eigenvalue weighted by Crippen LogP contribution is -2.25. The van der Waals surface area contributed by atoms with Gasteiger partial charge in [0.05, 0.1) is 6.54 Å². The van der Waals surface area contributed by atoms with E-state index in [4.69, 9.17) is 5.73 Å². The highest BCUT2D eigenvalue weighted by Crippen LogP contribution is 2.08. The van der Waals surface area contributed by atoms with Crippen molar-refractivity contribution in [3.63, 3.8) is 0 Å². The molecule has 5 nitrogen and oxygen atoms in total. The Labute approximate surface area is 137 Å². The molecular formula is C17H16F2N4O. The van der Waals surface area contributed by atoms with Gasteiger partial charge in [-0.1, -0.05) is 36.4 Å². The maximum absolute atomic E-state index is 13.8. The van der Waals surface area contributed by atoms with E-state index >= 15 is 0 Å². The van der Waals surface area contributed by atoms with Crippen molar-refractivity contribution in [1.82, 2.24) is 5.32 Å². The van der Waals surface area contributed by atoms with E-state index in [-0.39, 0.29) is 6.54 Å². The lowest BCUT2D eigenvalue weighted by Gasteiger charge is -2.04. The molecule has 0 atom stereocenters. The minimum absolute atomic E-state index is 0.101. The first-order valence-corrected chi connectivity index (χ1v) is 7.08. The van der Waals surface area contributed by atoms with Crippen molar-refractivity contribution in [2.24, 2.45) is 10.7 Å². The number of nitrogens with zero attached hydrogens (tertiary/aromatic N) is 1. The van der Waals surface area contributed by atoms with Crippen LogP contribution in [0.3, 0.4) is 0 Å². The highest BCUT2D eigenvalue weighted by molar-refractivity contribution is 5.96. The Morgan fingerprint density at radius 2 is 1.79 bits per heavy atom. The zero-order valence-electron chi connectivity index (χ0n) is 12.7. The number of nitrogens with one attached hydrogen (secondary N) is 2. The monoisotopic (exact) mass is 330 g/mol. The summed E-state index contributed by atoms with van der Waals surface area (Å²) in [6.07, 6.45) is 0.790. The molecule has 124 valence electrons. The van der Waals surface area contributed by atoms with Crippen LogP contribution in [0.4, 0.5) is 19.3 Å². The van der Waals surface area contributed by atoms with Crippen LogP contribution in [-0.2, 0) is 6.54 Å². The third kappa shape index (κ3) is 5.20. The van der Waals surface area contributed by atoms with Crippen molar-refractivity contribution < 1.29 is 13.6 Å². The maximum Gasteiger partial charge on any atom is 0.323 e. The summed E-state index contributed by atoms with van der Waals surface area (Å²) in [5.74, 6) is -1.80. The van der Waals surface area contributed by atoms with E-state index in [0.717, 1.165) is 6.20 Å². The van der Waals surface area contributed by atoms with Crippen LogP contribution >= 0.6 is 0 Å². The summed E-state index contributed by atoms with van der Waals surface area (Å²) in [5, 5.41) is 4.71. The molecule has 0 radical (unpaired) electrons. The maximum atomic E-state index is 13.8. The fourth-order valence-electron chi connectivity index (χ4n) is 1.76. The number of para-hydroxylation sites is 1. The summed E-state index contributed by atoms with van der Waals surface area (Å²) in [7, 11) is 0. The first kappa shape index (κ1) is 17.1. The van der Waals surface area contributed by atoms with Gasteiger partial charge in [-0.2, -0.15) is 0 Å². The molecule has 2 amide bonds. The van der Waals surface area contributed by atoms with Gasteiger partial charge in [0.15, 0.2) is 11.7 Å². The number of aliphatic imine (C=N–C) groups is 1. The molecule has 0 unspecified atom stereocenters. The Morgan fingerprint density at radius 1 is 1.12 bits per heavy atom. The number of halogens is 2. The third-order valence-electron chi connectivity index (χ3n) is 2.98. The Morgan fingerprint density at radius 3 is 2.50 bits per heavy atom. The zero-order valence-corrected chi connectivity index (χ0v) is 12.7. The first-order valence-electron chi connectivity index (χ1n) is 7.08. The fraction of sp³-hybridized carbons (Fsp3) is 0.0588. The summed E-state index contributed by atoms with van der Waals surface area (Å²) < 4.78 is 27.2. The Balaban J connectivity index is 1.91. The molecule has 0 bridgehead atoms. The predicted molar refractivity (Wildman–Crippen MR) is 89.5 cm³/mol. The van der Waals surface area contributed by atoms with Crippen molar-refractivity contribution >= 4 is 17.6 Å². The number of urea groups is 1. The summed E-state index contributed by atoms with van der Waals surface area (Å²) >= 11 is 0. The molecule has 2 aromatic carbocycles. The van der Waals surface area contributed by atoms with Crippen LogP contribution in [0.15, 0.2) is 71.6 Å². The molecule has 24 heavy (non-hydrogen) atoms. The number of amidine groups is 1. The number of hydrogen-bond donors (Lipinski definition) is 3. The summed E-state index contributed by atoms with van der Waals surface area (Å²) in [6.45, 7) is -0.101. The minimum Gasteiger partial charge on any atom is -0.381 e. The van der Waals surface area contributed by atoms with E-state index in [1.54, 1.807) is 42.5 Å². The molecule has 0 saturated heterocycles. The van der Waals surface area contributed by atoms with Crippen LogP contribution in [0.1, 0.15) is 5.56 Å². The molecule has 0 spiro atoms. The molecule has 0 aliphatic rings. The van der Waals surface area contributed by atoms with Gasteiger partial charge in [-0.15, -0.1) is 0 Å². The fourth-order valence-corrected chi connectivity index (χ4v) is 1.76. The number of rotatable bonds is 5. The zero-order chi connectivity index (χ0) is 17.4. The van der Waals surface area contributed by atoms with Gasteiger partial charge >= 0.3 is 6.03 Å². The van der Waals surface area contributed by atoms with Gasteiger partial charge in [-0.3, -0.25) is 4.99 Å². The predicted octanol–water partition coefficient (Wildman–Crippen LogP) is 3.32. The molecule has 2 aromatic rings. The van der Waals surface area contributed by atoms with Gasteiger partial charge in [0.1, 0.15) is 5.82 Å². The van der Waals surface area contributed by atoms with Gasteiger partial charge in [-0.25, -0.2) is 13.6 Å². The van der Waals surface area contributed by atoms with Crippen LogP contribution in [0.5, 0.6) is 0 Å². The van der Waals surface area contributed by atoms with Gasteiger partial charge in [0.25, 0.3) is 0 Å². The number of hydrogen-bond acceptors (Lipinski definition) is 2. The lowest BCUT2D eigenvalue weighted by atomic mass is 10.2. The number of nitrogens with two attached hydrogens (primary N) is 1. The van der Waals surface area contributed by atoms with E-state index in [1.807, 2.05) is 0 Å². The van der Waals surface area contributed by atoms with E-state index in [2.05, 4.69) is 15.6 Å². The number of amides is 2. The topological polar surface area (TPSA) is 79.5 Å². The van der Waals surface area contributed by atoms with E-state index < -0.39 is 23.5 Å². The number of carbonyl (C=O) groups is 1. The van der Waals surface area contributed by atoms with Gasteiger partial charge in [0, 0.05) is 17.5 Å². The molecule has 0 aliphatic heterocycles. The molecule has 0 aromatic heterocycles. The number of benzene rings is 2. The molecule has 0 aliphatic carbocycles. The van der Waals surface area contributed by atoms with E-state index in [0.29, 0.717) is 11.3 Å². The van der Waals surface area contributed by atoms with Crippen LogP contribution in [0, 0.1) is 5.82 Å².